The minimum atomic E-state index is -0.361. The Kier molecular flexibility index (Phi) is 5.31. The Balaban J connectivity index is 1.42. The summed E-state index contributed by atoms with van der Waals surface area (Å²) in [4.78, 5) is 38.7. The van der Waals surface area contributed by atoms with E-state index in [0.717, 1.165) is 11.1 Å². The van der Waals surface area contributed by atoms with Crippen molar-refractivity contribution in [2.75, 3.05) is 26.2 Å². The maximum Gasteiger partial charge on any atom is 0.227 e. The van der Waals surface area contributed by atoms with E-state index in [4.69, 9.17) is 4.74 Å². The number of Topliss-reactive ketones (excluding diaryl/α,β-unsaturated/α-hetero) is 1. The van der Waals surface area contributed by atoms with E-state index in [-0.39, 0.29) is 29.6 Å². The lowest BCUT2D eigenvalue weighted by atomic mass is 9.90. The van der Waals surface area contributed by atoms with Crippen molar-refractivity contribution in [1.82, 2.24) is 10.2 Å². The van der Waals surface area contributed by atoms with Gasteiger partial charge in [0.2, 0.25) is 11.8 Å². The molecule has 2 saturated heterocycles. The fourth-order valence-electron chi connectivity index (χ4n) is 4.38. The van der Waals surface area contributed by atoms with Gasteiger partial charge in [0.15, 0.2) is 5.78 Å². The minimum Gasteiger partial charge on any atom is -0.372 e. The van der Waals surface area contributed by atoms with E-state index < -0.39 is 0 Å². The second-order valence-corrected chi connectivity index (χ2v) is 7.86. The first-order chi connectivity index (χ1) is 13.6. The van der Waals surface area contributed by atoms with E-state index in [1.165, 1.54) is 0 Å². The SMILES string of the molecule is O=C1CCOC2(CCN(C(=O)CC3=C(c4ccccc4)CCC3=O)CC2)CN1. The van der Waals surface area contributed by atoms with Gasteiger partial charge in [0.25, 0.3) is 0 Å². The number of nitrogens with zero attached hydrogens (tertiary/aromatic N) is 1. The Bertz CT molecular complexity index is 807. The molecule has 1 aliphatic carbocycles. The molecule has 0 unspecified atom stereocenters. The molecule has 0 bridgehead atoms. The number of nitrogens with one attached hydrogen (secondary N) is 1. The molecule has 3 aliphatic rings. The average Bonchev–Trinajstić information content (AvgIpc) is 2.97. The number of hydrogen-bond donors (Lipinski definition) is 1. The number of carbonyl (C=O) groups is 3. The van der Waals surface area contributed by atoms with Crippen molar-refractivity contribution in [3.8, 4) is 0 Å². The molecule has 148 valence electrons. The molecule has 1 aromatic rings. The van der Waals surface area contributed by atoms with Crippen LogP contribution in [-0.4, -0.2) is 54.3 Å². The first-order valence-corrected chi connectivity index (χ1v) is 10.1. The van der Waals surface area contributed by atoms with Crippen LogP contribution >= 0.6 is 0 Å². The molecule has 6 nitrogen and oxygen atoms in total. The molecule has 1 N–H and O–H groups in total. The van der Waals surface area contributed by atoms with Crippen LogP contribution in [0.2, 0.25) is 0 Å². The van der Waals surface area contributed by atoms with Gasteiger partial charge < -0.3 is 15.0 Å². The van der Waals surface area contributed by atoms with Crippen molar-refractivity contribution < 1.29 is 19.1 Å². The van der Waals surface area contributed by atoms with Gasteiger partial charge in [0, 0.05) is 38.0 Å². The number of ether oxygens (including phenoxy) is 1. The third kappa shape index (κ3) is 3.87. The van der Waals surface area contributed by atoms with Gasteiger partial charge in [-0.15, -0.1) is 0 Å². The van der Waals surface area contributed by atoms with Crippen LogP contribution in [0, 0.1) is 0 Å². The molecular formula is C22H26N2O4. The Labute approximate surface area is 164 Å². The van der Waals surface area contributed by atoms with Crippen molar-refractivity contribution in [2.24, 2.45) is 0 Å². The number of piperidine rings is 1. The quantitative estimate of drug-likeness (QED) is 0.869. The normalized spacial score (nSPS) is 22.4. The topological polar surface area (TPSA) is 75.7 Å². The van der Waals surface area contributed by atoms with Gasteiger partial charge >= 0.3 is 0 Å². The van der Waals surface area contributed by atoms with E-state index in [9.17, 15) is 14.4 Å². The van der Waals surface area contributed by atoms with Gasteiger partial charge in [-0.05, 0) is 30.4 Å². The molecular weight excluding hydrogens is 356 g/mol. The van der Waals surface area contributed by atoms with E-state index in [1.54, 1.807) is 0 Å². The number of allylic oxidation sites excluding steroid dienone is 1. The van der Waals surface area contributed by atoms with Gasteiger partial charge in [-0.2, -0.15) is 0 Å². The van der Waals surface area contributed by atoms with Crippen LogP contribution < -0.4 is 5.32 Å². The van der Waals surface area contributed by atoms with Crippen LogP contribution in [0.4, 0.5) is 0 Å². The van der Waals surface area contributed by atoms with Crippen LogP contribution in [0.5, 0.6) is 0 Å². The maximum atomic E-state index is 12.9. The van der Waals surface area contributed by atoms with Gasteiger partial charge in [0.1, 0.15) is 0 Å². The third-order valence-electron chi connectivity index (χ3n) is 6.13. The standard InChI is InChI=1S/C22H26N2O4/c25-19-7-6-17(16-4-2-1-3-5-16)18(19)14-21(27)24-11-9-22(10-12-24)15-23-20(26)8-13-28-22/h1-5H,6-15H2,(H,23,26). The Hall–Kier alpha value is -2.47. The van der Waals surface area contributed by atoms with Crippen LogP contribution in [0.1, 0.15) is 44.1 Å². The van der Waals surface area contributed by atoms with Gasteiger partial charge in [-0.25, -0.2) is 0 Å². The van der Waals surface area contributed by atoms with Crippen molar-refractivity contribution in [2.45, 2.75) is 44.1 Å². The van der Waals surface area contributed by atoms with Crippen molar-refractivity contribution in [3.63, 3.8) is 0 Å². The molecule has 4 rings (SSSR count). The fourth-order valence-corrected chi connectivity index (χ4v) is 4.38. The molecule has 0 aromatic heterocycles. The Morgan fingerprint density at radius 3 is 2.57 bits per heavy atom. The summed E-state index contributed by atoms with van der Waals surface area (Å²) in [5.41, 5.74) is 2.37. The number of rotatable bonds is 3. The van der Waals surface area contributed by atoms with Crippen molar-refractivity contribution >= 4 is 23.2 Å². The zero-order valence-corrected chi connectivity index (χ0v) is 16.0. The lowest BCUT2D eigenvalue weighted by Crippen LogP contribution is -2.52. The predicted molar refractivity (Wildman–Crippen MR) is 104 cm³/mol. The first-order valence-electron chi connectivity index (χ1n) is 10.1. The summed E-state index contributed by atoms with van der Waals surface area (Å²) in [6, 6.07) is 9.87. The Morgan fingerprint density at radius 2 is 1.82 bits per heavy atom. The summed E-state index contributed by atoms with van der Waals surface area (Å²) in [7, 11) is 0. The number of carbonyl (C=O) groups excluding carboxylic acids is 3. The lowest BCUT2D eigenvalue weighted by Gasteiger charge is -2.40. The van der Waals surface area contributed by atoms with Gasteiger partial charge in [-0.3, -0.25) is 14.4 Å². The Morgan fingerprint density at radius 1 is 1.07 bits per heavy atom. The molecule has 1 aromatic carbocycles. The number of ketones is 1. The second kappa shape index (κ2) is 7.87. The largest absolute Gasteiger partial charge is 0.372 e. The van der Waals surface area contributed by atoms with Gasteiger partial charge in [0.05, 0.1) is 18.6 Å². The smallest absolute Gasteiger partial charge is 0.227 e. The van der Waals surface area contributed by atoms with Crippen LogP contribution in [-0.2, 0) is 19.1 Å². The summed E-state index contributed by atoms with van der Waals surface area (Å²) < 4.78 is 5.97. The molecule has 28 heavy (non-hydrogen) atoms. The molecule has 1 spiro atoms. The number of amides is 2. The fraction of sp³-hybridized carbons (Fsp3) is 0.500. The first kappa shape index (κ1) is 18.9. The number of likely N-dealkylation sites (tertiary alicyclic amines) is 1. The summed E-state index contributed by atoms with van der Waals surface area (Å²) in [5, 5.41) is 2.92. The average molecular weight is 382 g/mol. The van der Waals surface area contributed by atoms with Crippen LogP contribution in [0.3, 0.4) is 0 Å². The summed E-state index contributed by atoms with van der Waals surface area (Å²) >= 11 is 0. The van der Waals surface area contributed by atoms with Crippen LogP contribution in [0.25, 0.3) is 5.57 Å². The molecule has 2 heterocycles. The molecule has 2 aliphatic heterocycles. The highest BCUT2D eigenvalue weighted by atomic mass is 16.5. The number of hydrogen-bond acceptors (Lipinski definition) is 4. The van der Waals surface area contributed by atoms with E-state index in [0.29, 0.717) is 63.9 Å². The highest BCUT2D eigenvalue weighted by molar-refractivity contribution is 6.10. The van der Waals surface area contributed by atoms with Crippen LogP contribution in [0.15, 0.2) is 35.9 Å². The van der Waals surface area contributed by atoms with E-state index in [1.807, 2.05) is 35.2 Å². The predicted octanol–water partition coefficient (Wildman–Crippen LogP) is 2.09. The second-order valence-electron chi connectivity index (χ2n) is 7.86. The molecule has 0 saturated carbocycles. The molecule has 2 fully saturated rings. The van der Waals surface area contributed by atoms with E-state index in [2.05, 4.69) is 5.32 Å². The molecule has 6 heteroatoms. The minimum absolute atomic E-state index is 0.00573. The molecule has 2 amide bonds. The maximum absolute atomic E-state index is 12.9. The summed E-state index contributed by atoms with van der Waals surface area (Å²) in [5.74, 6) is 0.122. The zero-order valence-electron chi connectivity index (χ0n) is 16.0. The van der Waals surface area contributed by atoms with Gasteiger partial charge in [-0.1, -0.05) is 30.3 Å². The number of benzene rings is 1. The highest BCUT2D eigenvalue weighted by Gasteiger charge is 2.39. The van der Waals surface area contributed by atoms with Crippen molar-refractivity contribution in [1.29, 1.82) is 0 Å². The summed E-state index contributed by atoms with van der Waals surface area (Å²) in [6.07, 6.45) is 3.18. The monoisotopic (exact) mass is 382 g/mol. The highest BCUT2D eigenvalue weighted by Crippen LogP contribution is 2.34. The summed E-state index contributed by atoms with van der Waals surface area (Å²) in [6.45, 7) is 2.13. The zero-order chi connectivity index (χ0) is 19.6. The van der Waals surface area contributed by atoms with Crippen molar-refractivity contribution in [3.05, 3.63) is 41.5 Å². The molecule has 0 radical (unpaired) electrons. The third-order valence-corrected chi connectivity index (χ3v) is 6.13. The lowest BCUT2D eigenvalue weighted by molar-refractivity contribution is -0.137. The van der Waals surface area contributed by atoms with E-state index >= 15 is 0 Å². The molecule has 0 atom stereocenters.